The first kappa shape index (κ1) is 12.9. The molecule has 5 bridgehead atoms. The van der Waals surface area contributed by atoms with E-state index in [1.165, 1.54) is 23.4 Å². The van der Waals surface area contributed by atoms with E-state index < -0.39 is 0 Å². The average Bonchev–Trinajstić information content (AvgIpc) is 2.90. The maximum absolute atomic E-state index is 6.32. The minimum atomic E-state index is 0.0347. The van der Waals surface area contributed by atoms with Crippen molar-refractivity contribution in [3.05, 3.63) is 42.5 Å². The first-order chi connectivity index (χ1) is 11.2. The third-order valence-electron chi connectivity index (χ3n) is 7.73. The third kappa shape index (κ3) is 1.15. The van der Waals surface area contributed by atoms with Crippen molar-refractivity contribution in [2.75, 3.05) is 20.2 Å². The lowest BCUT2D eigenvalue weighted by Gasteiger charge is -2.72. The normalized spacial score (nSPS) is 48.8. The van der Waals surface area contributed by atoms with Gasteiger partial charge in [-0.05, 0) is 37.4 Å². The largest absolute Gasteiger partial charge is 0.372 e. The summed E-state index contributed by atoms with van der Waals surface area (Å²) in [5.41, 5.74) is 4.07. The number of para-hydroxylation sites is 1. The molecule has 0 N–H and O–H groups in total. The van der Waals surface area contributed by atoms with Crippen LogP contribution in [0.25, 0.3) is 0 Å². The van der Waals surface area contributed by atoms with Crippen LogP contribution in [0.3, 0.4) is 0 Å². The van der Waals surface area contributed by atoms with E-state index in [4.69, 9.17) is 9.73 Å². The van der Waals surface area contributed by atoms with Gasteiger partial charge >= 0.3 is 0 Å². The quantitative estimate of drug-likeness (QED) is 0.745. The van der Waals surface area contributed by atoms with Crippen molar-refractivity contribution in [3.8, 4) is 0 Å². The average molecular weight is 306 g/mol. The summed E-state index contributed by atoms with van der Waals surface area (Å²) < 4.78 is 6.32. The zero-order chi connectivity index (χ0) is 15.4. The first-order valence-corrected chi connectivity index (χ1v) is 8.85. The Morgan fingerprint density at radius 1 is 1.39 bits per heavy atom. The molecule has 2 aliphatic carbocycles. The molecule has 5 fully saturated rings. The Morgan fingerprint density at radius 3 is 3.13 bits per heavy atom. The third-order valence-corrected chi connectivity index (χ3v) is 7.73. The maximum atomic E-state index is 6.32. The molecule has 2 saturated carbocycles. The van der Waals surface area contributed by atoms with E-state index in [2.05, 4.69) is 48.9 Å². The number of ether oxygens (including phenoxy) is 1. The lowest BCUT2D eigenvalue weighted by molar-refractivity contribution is -0.190. The SMILES string of the molecule is C=C[C@@]12CN(C)[C@H]3C[C@@]14C(=Nc1ccccc14)C1C[C@@H]2[C@@H]3CO1. The summed E-state index contributed by atoms with van der Waals surface area (Å²) in [7, 11) is 2.29. The van der Waals surface area contributed by atoms with Gasteiger partial charge in [0.15, 0.2) is 0 Å². The van der Waals surface area contributed by atoms with E-state index >= 15 is 0 Å². The summed E-state index contributed by atoms with van der Waals surface area (Å²) >= 11 is 0. The number of hydrogen-bond acceptors (Lipinski definition) is 3. The van der Waals surface area contributed by atoms with E-state index in [0.717, 1.165) is 19.6 Å². The molecule has 1 aromatic rings. The van der Waals surface area contributed by atoms with Crippen LogP contribution in [0, 0.1) is 17.3 Å². The number of fused-ring (bicyclic) bond motifs is 4. The second-order valence-corrected chi connectivity index (χ2v) is 8.18. The van der Waals surface area contributed by atoms with Gasteiger partial charge in [-0.3, -0.25) is 4.99 Å². The van der Waals surface area contributed by atoms with E-state index in [-0.39, 0.29) is 16.9 Å². The topological polar surface area (TPSA) is 24.8 Å². The molecule has 4 aliphatic heterocycles. The number of aliphatic imine (C=N–C) groups is 1. The van der Waals surface area contributed by atoms with Gasteiger partial charge in [-0.2, -0.15) is 0 Å². The lowest BCUT2D eigenvalue weighted by Crippen LogP contribution is -2.78. The number of rotatable bonds is 1. The Labute approximate surface area is 137 Å². The molecule has 1 aromatic carbocycles. The summed E-state index contributed by atoms with van der Waals surface area (Å²) in [6.45, 7) is 6.37. The fourth-order valence-electron chi connectivity index (χ4n) is 6.95. The standard InChI is InChI=1S/C20H22N2O/c1-3-19-11-22(2)16-9-20(19)13-6-4-5-7-15(13)21-18(20)17-8-14(19)12(16)10-23-17/h3-7,12,14,16-17H,1,8-11H2,2H3/t12-,14+,16-,17?,19-,20+/m0/s1. The molecule has 0 aromatic heterocycles. The van der Waals surface area contributed by atoms with Gasteiger partial charge in [-0.1, -0.05) is 24.3 Å². The number of benzene rings is 1. The van der Waals surface area contributed by atoms with E-state index in [1.807, 2.05) is 0 Å². The predicted octanol–water partition coefficient (Wildman–Crippen LogP) is 2.94. The molecule has 23 heavy (non-hydrogen) atoms. The predicted molar refractivity (Wildman–Crippen MR) is 90.2 cm³/mol. The van der Waals surface area contributed by atoms with Crippen LogP contribution in [0.15, 0.2) is 41.9 Å². The molecule has 0 radical (unpaired) electrons. The minimum absolute atomic E-state index is 0.0347. The highest BCUT2D eigenvalue weighted by atomic mass is 16.5. The van der Waals surface area contributed by atoms with E-state index in [0.29, 0.717) is 17.9 Å². The second kappa shape index (κ2) is 3.79. The summed E-state index contributed by atoms with van der Waals surface area (Å²) in [4.78, 5) is 7.70. The van der Waals surface area contributed by atoms with Crippen LogP contribution in [-0.2, 0) is 10.2 Å². The van der Waals surface area contributed by atoms with Gasteiger partial charge < -0.3 is 9.64 Å². The lowest BCUT2D eigenvalue weighted by atomic mass is 9.38. The van der Waals surface area contributed by atoms with E-state index in [9.17, 15) is 0 Å². The van der Waals surface area contributed by atoms with Crippen LogP contribution in [0.1, 0.15) is 18.4 Å². The van der Waals surface area contributed by atoms with Gasteiger partial charge in [0, 0.05) is 23.9 Å². The number of nitrogens with zero attached hydrogens (tertiary/aromatic N) is 2. The summed E-state index contributed by atoms with van der Waals surface area (Å²) in [6.07, 6.45) is 4.85. The fourth-order valence-corrected chi connectivity index (χ4v) is 6.95. The van der Waals surface area contributed by atoms with Gasteiger partial charge in [0.1, 0.15) is 0 Å². The van der Waals surface area contributed by atoms with Gasteiger partial charge in [0.25, 0.3) is 0 Å². The van der Waals surface area contributed by atoms with Gasteiger partial charge in [0.05, 0.1) is 29.5 Å². The first-order valence-electron chi connectivity index (χ1n) is 8.85. The van der Waals surface area contributed by atoms with Crippen molar-refractivity contribution in [2.45, 2.75) is 30.4 Å². The van der Waals surface area contributed by atoms with Gasteiger partial charge in [0.2, 0.25) is 0 Å². The smallest absolute Gasteiger partial charge is 0.0968 e. The summed E-state index contributed by atoms with van der Waals surface area (Å²) in [5, 5.41) is 0. The molecular weight excluding hydrogens is 284 g/mol. The molecule has 3 saturated heterocycles. The molecular formula is C20H22N2O. The summed E-state index contributed by atoms with van der Waals surface area (Å²) in [5.74, 6) is 1.35. The van der Waals surface area contributed by atoms with Crippen molar-refractivity contribution in [1.29, 1.82) is 0 Å². The molecule has 7 rings (SSSR count). The van der Waals surface area contributed by atoms with Gasteiger partial charge in [-0.25, -0.2) is 0 Å². The molecule has 4 heterocycles. The Balaban J connectivity index is 1.72. The highest BCUT2D eigenvalue weighted by molar-refractivity contribution is 6.07. The van der Waals surface area contributed by atoms with Crippen LogP contribution in [0.2, 0.25) is 0 Å². The highest BCUT2D eigenvalue weighted by Crippen LogP contribution is 2.70. The maximum Gasteiger partial charge on any atom is 0.0968 e. The molecule has 3 heteroatoms. The van der Waals surface area contributed by atoms with Crippen LogP contribution >= 0.6 is 0 Å². The van der Waals surface area contributed by atoms with Crippen molar-refractivity contribution in [2.24, 2.45) is 22.2 Å². The molecule has 118 valence electrons. The van der Waals surface area contributed by atoms with Crippen molar-refractivity contribution in [1.82, 2.24) is 4.90 Å². The Morgan fingerprint density at radius 2 is 2.26 bits per heavy atom. The van der Waals surface area contributed by atoms with E-state index in [1.54, 1.807) is 0 Å². The molecule has 1 unspecified atom stereocenters. The van der Waals surface area contributed by atoms with Crippen molar-refractivity contribution in [3.63, 3.8) is 0 Å². The summed E-state index contributed by atoms with van der Waals surface area (Å²) in [6, 6.07) is 9.39. The van der Waals surface area contributed by atoms with Crippen molar-refractivity contribution >= 4 is 11.4 Å². The molecule has 3 nitrogen and oxygen atoms in total. The zero-order valence-electron chi connectivity index (χ0n) is 13.5. The minimum Gasteiger partial charge on any atom is -0.372 e. The van der Waals surface area contributed by atoms with Crippen molar-refractivity contribution < 1.29 is 4.74 Å². The Kier molecular flexibility index (Phi) is 2.12. The molecule has 6 aliphatic rings. The number of hydrogen-bond donors (Lipinski definition) is 0. The fraction of sp³-hybridized carbons (Fsp3) is 0.550. The van der Waals surface area contributed by atoms with Gasteiger partial charge in [-0.15, -0.1) is 6.58 Å². The van der Waals surface area contributed by atoms with Crippen LogP contribution in [-0.4, -0.2) is 43.0 Å². The van der Waals surface area contributed by atoms with Crippen LogP contribution in [0.4, 0.5) is 5.69 Å². The van der Waals surface area contributed by atoms with Crippen LogP contribution < -0.4 is 0 Å². The molecule has 6 atom stereocenters. The molecule has 0 amide bonds. The monoisotopic (exact) mass is 306 g/mol. The highest BCUT2D eigenvalue weighted by Gasteiger charge is 2.74. The Bertz CT molecular complexity index is 771. The zero-order valence-corrected chi connectivity index (χ0v) is 13.5. The Hall–Kier alpha value is -1.45. The molecule has 1 spiro atoms. The number of piperidine rings is 2. The van der Waals surface area contributed by atoms with Crippen LogP contribution in [0.5, 0.6) is 0 Å². The second-order valence-electron chi connectivity index (χ2n) is 8.18.